The molecular weight excluding hydrogens is 304 g/mol. The third kappa shape index (κ3) is 3.85. The molecule has 0 bridgehead atoms. The van der Waals surface area contributed by atoms with E-state index < -0.39 is 10.0 Å². The van der Waals surface area contributed by atoms with Crippen molar-refractivity contribution in [3.05, 3.63) is 47.0 Å². The zero-order valence-electron chi connectivity index (χ0n) is 12.4. The van der Waals surface area contributed by atoms with Crippen molar-refractivity contribution in [2.45, 2.75) is 20.4 Å². The Morgan fingerprint density at radius 2 is 1.77 bits per heavy atom. The molecule has 118 valence electrons. The molecule has 8 heteroatoms. The Labute approximate surface area is 129 Å². The summed E-state index contributed by atoms with van der Waals surface area (Å²) in [6, 6.07) is 6.60. The predicted octanol–water partition coefficient (Wildman–Crippen LogP) is 1.77. The molecule has 0 radical (unpaired) electrons. The van der Waals surface area contributed by atoms with Gasteiger partial charge in [0, 0.05) is 30.3 Å². The van der Waals surface area contributed by atoms with Crippen LogP contribution in [0.4, 0.5) is 17.2 Å². The molecule has 0 aliphatic carbocycles. The van der Waals surface area contributed by atoms with E-state index in [0.29, 0.717) is 17.9 Å². The number of nitrogens with zero attached hydrogens (tertiary/aromatic N) is 2. The number of anilines is 3. The van der Waals surface area contributed by atoms with Crippen molar-refractivity contribution < 1.29 is 8.42 Å². The molecule has 0 fully saturated rings. The van der Waals surface area contributed by atoms with E-state index in [2.05, 4.69) is 15.0 Å². The van der Waals surface area contributed by atoms with E-state index in [4.69, 9.17) is 0 Å². The van der Waals surface area contributed by atoms with E-state index in [1.165, 1.54) is 0 Å². The van der Waals surface area contributed by atoms with Crippen molar-refractivity contribution in [2.24, 2.45) is 0 Å². The monoisotopic (exact) mass is 322 g/mol. The largest absolute Gasteiger partial charge is 0.336 e. The van der Waals surface area contributed by atoms with Gasteiger partial charge in [0.25, 0.3) is 5.56 Å². The number of aromatic nitrogens is 2. The second-order valence-corrected chi connectivity index (χ2v) is 6.59. The quantitative estimate of drug-likeness (QED) is 0.845. The third-order valence-corrected chi connectivity index (χ3v) is 4.36. The number of aryl methyl sites for hydroxylation is 1. The van der Waals surface area contributed by atoms with Crippen LogP contribution in [0.1, 0.15) is 13.8 Å². The number of rotatable bonds is 6. The van der Waals surface area contributed by atoms with Gasteiger partial charge in [-0.15, -0.1) is 0 Å². The molecule has 1 aromatic carbocycles. The van der Waals surface area contributed by atoms with E-state index in [-0.39, 0.29) is 17.1 Å². The summed E-state index contributed by atoms with van der Waals surface area (Å²) in [5.74, 6) is 0.239. The molecule has 7 nitrogen and oxygen atoms in total. The molecule has 0 amide bonds. The van der Waals surface area contributed by atoms with Gasteiger partial charge >= 0.3 is 0 Å². The maximum atomic E-state index is 12.0. The zero-order valence-corrected chi connectivity index (χ0v) is 13.2. The summed E-state index contributed by atoms with van der Waals surface area (Å²) in [7, 11) is -3.30. The minimum atomic E-state index is -3.30. The number of hydrogen-bond acceptors (Lipinski definition) is 5. The fourth-order valence-corrected chi connectivity index (χ4v) is 2.43. The minimum absolute atomic E-state index is 0.0114. The van der Waals surface area contributed by atoms with Crippen molar-refractivity contribution in [2.75, 3.05) is 15.8 Å². The maximum absolute atomic E-state index is 12.0. The molecule has 0 saturated carbocycles. The van der Waals surface area contributed by atoms with Crippen molar-refractivity contribution in [1.82, 2.24) is 9.55 Å². The number of nitrogens with one attached hydrogen (secondary N) is 2. The second-order valence-electron chi connectivity index (χ2n) is 4.57. The molecule has 2 aromatic rings. The molecule has 0 spiro atoms. The molecule has 1 heterocycles. The highest BCUT2D eigenvalue weighted by Crippen LogP contribution is 2.16. The summed E-state index contributed by atoms with van der Waals surface area (Å²) in [5, 5.41) is 2.93. The van der Waals surface area contributed by atoms with E-state index in [9.17, 15) is 13.2 Å². The van der Waals surface area contributed by atoms with Gasteiger partial charge in [-0.1, -0.05) is 0 Å². The van der Waals surface area contributed by atoms with Gasteiger partial charge < -0.3 is 9.88 Å². The van der Waals surface area contributed by atoms with E-state index >= 15 is 0 Å². The van der Waals surface area contributed by atoms with E-state index in [1.54, 1.807) is 48.1 Å². The predicted molar refractivity (Wildman–Crippen MR) is 87.0 cm³/mol. The lowest BCUT2D eigenvalue weighted by Crippen LogP contribution is -2.22. The summed E-state index contributed by atoms with van der Waals surface area (Å²) in [6.45, 7) is 4.01. The Balaban J connectivity index is 2.17. The van der Waals surface area contributed by atoms with Crippen LogP contribution in [-0.4, -0.2) is 23.7 Å². The van der Waals surface area contributed by atoms with E-state index in [0.717, 1.165) is 0 Å². The van der Waals surface area contributed by atoms with Gasteiger partial charge in [-0.25, -0.2) is 13.4 Å². The molecule has 0 atom stereocenters. The second kappa shape index (κ2) is 6.61. The van der Waals surface area contributed by atoms with Crippen molar-refractivity contribution in [3.63, 3.8) is 0 Å². The van der Waals surface area contributed by atoms with Crippen molar-refractivity contribution in [1.29, 1.82) is 0 Å². The molecule has 0 saturated heterocycles. The average Bonchev–Trinajstić information content (AvgIpc) is 2.51. The number of hydrogen-bond donors (Lipinski definition) is 2. The van der Waals surface area contributed by atoms with Crippen molar-refractivity contribution >= 4 is 27.2 Å². The van der Waals surface area contributed by atoms with Gasteiger partial charge in [-0.2, -0.15) is 0 Å². The van der Waals surface area contributed by atoms with Gasteiger partial charge in [-0.3, -0.25) is 9.52 Å². The summed E-state index contributed by atoms with van der Waals surface area (Å²) >= 11 is 0. The van der Waals surface area contributed by atoms with Crippen LogP contribution >= 0.6 is 0 Å². The van der Waals surface area contributed by atoms with Crippen LogP contribution < -0.4 is 15.6 Å². The zero-order chi connectivity index (χ0) is 16.2. The maximum Gasteiger partial charge on any atom is 0.293 e. The minimum Gasteiger partial charge on any atom is -0.336 e. The Bertz CT molecular complexity index is 798. The van der Waals surface area contributed by atoms with Crippen LogP contribution in [0.5, 0.6) is 0 Å². The molecule has 0 aliphatic heterocycles. The van der Waals surface area contributed by atoms with Gasteiger partial charge in [0.15, 0.2) is 5.82 Å². The average molecular weight is 322 g/mol. The van der Waals surface area contributed by atoms with Crippen LogP contribution in [-0.2, 0) is 16.6 Å². The van der Waals surface area contributed by atoms with Crippen LogP contribution in [0, 0.1) is 0 Å². The summed E-state index contributed by atoms with van der Waals surface area (Å²) < 4.78 is 27.0. The van der Waals surface area contributed by atoms with Crippen LogP contribution in [0.3, 0.4) is 0 Å². The lowest BCUT2D eigenvalue weighted by Gasteiger charge is -2.09. The highest BCUT2D eigenvalue weighted by atomic mass is 32.2. The van der Waals surface area contributed by atoms with Crippen LogP contribution in [0.2, 0.25) is 0 Å². The molecular formula is C14H18N4O3S. The Morgan fingerprint density at radius 3 is 2.36 bits per heavy atom. The lowest BCUT2D eigenvalue weighted by molar-refractivity contribution is 0.602. The SMILES string of the molecule is CCn1ccnc(Nc2ccc(NS(=O)(=O)CC)cc2)c1=O. The summed E-state index contributed by atoms with van der Waals surface area (Å²) in [5.41, 5.74) is 0.915. The summed E-state index contributed by atoms with van der Waals surface area (Å²) in [4.78, 5) is 16.1. The first kappa shape index (κ1) is 16.0. The smallest absolute Gasteiger partial charge is 0.293 e. The van der Waals surface area contributed by atoms with E-state index in [1.807, 2.05) is 6.92 Å². The molecule has 2 N–H and O–H groups in total. The normalized spacial score (nSPS) is 11.2. The molecule has 0 unspecified atom stereocenters. The fraction of sp³-hybridized carbons (Fsp3) is 0.286. The highest BCUT2D eigenvalue weighted by Gasteiger charge is 2.07. The Kier molecular flexibility index (Phi) is 4.81. The molecule has 2 rings (SSSR count). The highest BCUT2D eigenvalue weighted by molar-refractivity contribution is 7.92. The number of benzene rings is 1. The topological polar surface area (TPSA) is 93.1 Å². The molecule has 1 aromatic heterocycles. The van der Waals surface area contributed by atoms with Gasteiger partial charge in [0.2, 0.25) is 10.0 Å². The molecule has 22 heavy (non-hydrogen) atoms. The lowest BCUT2D eigenvalue weighted by atomic mass is 10.3. The Hall–Kier alpha value is -2.35. The Morgan fingerprint density at radius 1 is 1.14 bits per heavy atom. The van der Waals surface area contributed by atoms with Gasteiger partial charge in [0.05, 0.1) is 5.75 Å². The summed E-state index contributed by atoms with van der Waals surface area (Å²) in [6.07, 6.45) is 3.17. The fourth-order valence-electron chi connectivity index (χ4n) is 1.79. The molecule has 0 aliphatic rings. The third-order valence-electron chi connectivity index (χ3n) is 3.06. The van der Waals surface area contributed by atoms with Gasteiger partial charge in [-0.05, 0) is 38.1 Å². The first-order chi connectivity index (χ1) is 10.4. The van der Waals surface area contributed by atoms with Crippen LogP contribution in [0.25, 0.3) is 0 Å². The standard InChI is InChI=1S/C14H18N4O3S/c1-3-18-10-9-15-13(14(18)19)16-11-5-7-12(8-6-11)17-22(20,21)4-2/h5-10,17H,3-4H2,1-2H3,(H,15,16). The number of sulfonamides is 1. The van der Waals surface area contributed by atoms with Crippen LogP contribution in [0.15, 0.2) is 41.5 Å². The van der Waals surface area contributed by atoms with Gasteiger partial charge in [0.1, 0.15) is 0 Å². The first-order valence-electron chi connectivity index (χ1n) is 6.88. The van der Waals surface area contributed by atoms with Crippen molar-refractivity contribution in [3.8, 4) is 0 Å². The first-order valence-corrected chi connectivity index (χ1v) is 8.53.